The summed E-state index contributed by atoms with van der Waals surface area (Å²) in [5, 5.41) is 0. The fourth-order valence-electron chi connectivity index (χ4n) is 1.26. The molecule has 0 N–H and O–H groups in total. The van der Waals surface area contributed by atoms with Crippen LogP contribution in [0.15, 0.2) is 30.3 Å². The Kier molecular flexibility index (Phi) is 3.86. The van der Waals surface area contributed by atoms with Crippen molar-refractivity contribution in [3.63, 3.8) is 0 Å². The standard InChI is InChI=1S/C12H16/c1-3-11(4-2)10-12-8-6-5-7-9-12/h5-9,11H,3-4H2,1-2H3. The SMILES string of the molecule is CCC([C]c1ccccc1)CC. The Balaban J connectivity index is 2.51. The first-order valence-corrected chi connectivity index (χ1v) is 4.68. The van der Waals surface area contributed by atoms with Crippen molar-refractivity contribution >= 4 is 0 Å². The van der Waals surface area contributed by atoms with Crippen LogP contribution in [-0.2, 0) is 0 Å². The van der Waals surface area contributed by atoms with Gasteiger partial charge in [-0.25, -0.2) is 0 Å². The third kappa shape index (κ3) is 2.69. The lowest BCUT2D eigenvalue weighted by Crippen LogP contribution is -1.98. The van der Waals surface area contributed by atoms with Crippen molar-refractivity contribution in [3.05, 3.63) is 42.3 Å². The minimum atomic E-state index is 0.618. The fourth-order valence-corrected chi connectivity index (χ4v) is 1.26. The molecule has 64 valence electrons. The van der Waals surface area contributed by atoms with Crippen molar-refractivity contribution in [1.29, 1.82) is 0 Å². The van der Waals surface area contributed by atoms with Gasteiger partial charge in [-0.05, 0) is 11.5 Å². The molecule has 0 atom stereocenters. The predicted octanol–water partition coefficient (Wildman–Crippen LogP) is 3.55. The maximum absolute atomic E-state index is 3.48. The Bertz CT molecular complexity index is 197. The number of benzene rings is 1. The molecule has 1 aromatic rings. The highest BCUT2D eigenvalue weighted by atomic mass is 14.1. The summed E-state index contributed by atoms with van der Waals surface area (Å²) in [6, 6.07) is 10.4. The van der Waals surface area contributed by atoms with Gasteiger partial charge in [0.25, 0.3) is 0 Å². The second-order valence-corrected chi connectivity index (χ2v) is 3.02. The molecule has 2 radical (unpaired) electrons. The maximum atomic E-state index is 3.48. The molecule has 0 saturated carbocycles. The number of hydrogen-bond donors (Lipinski definition) is 0. The van der Waals surface area contributed by atoms with Gasteiger partial charge in [-0.1, -0.05) is 57.0 Å². The maximum Gasteiger partial charge on any atom is 0.0198 e. The number of hydrogen-bond acceptors (Lipinski definition) is 0. The zero-order chi connectivity index (χ0) is 8.81. The highest BCUT2D eigenvalue weighted by Gasteiger charge is 2.04. The Hall–Kier alpha value is -0.780. The van der Waals surface area contributed by atoms with Gasteiger partial charge in [-0.3, -0.25) is 0 Å². The third-order valence-electron chi connectivity index (χ3n) is 2.13. The van der Waals surface area contributed by atoms with E-state index in [0.29, 0.717) is 5.92 Å². The molecule has 0 heterocycles. The summed E-state index contributed by atoms with van der Waals surface area (Å²) in [4.78, 5) is 0. The molecule has 0 saturated heterocycles. The van der Waals surface area contributed by atoms with Crippen LogP contribution in [0.25, 0.3) is 0 Å². The molecule has 0 heteroatoms. The summed E-state index contributed by atoms with van der Waals surface area (Å²) in [7, 11) is 0. The molecule has 0 unspecified atom stereocenters. The van der Waals surface area contributed by atoms with Crippen molar-refractivity contribution in [2.45, 2.75) is 26.7 Å². The lowest BCUT2D eigenvalue weighted by Gasteiger charge is -2.10. The van der Waals surface area contributed by atoms with Crippen molar-refractivity contribution in [2.24, 2.45) is 5.92 Å². The van der Waals surface area contributed by atoms with Gasteiger partial charge in [-0.2, -0.15) is 0 Å². The van der Waals surface area contributed by atoms with Crippen LogP contribution in [0.3, 0.4) is 0 Å². The highest BCUT2D eigenvalue weighted by molar-refractivity contribution is 5.23. The van der Waals surface area contributed by atoms with Crippen LogP contribution in [0.4, 0.5) is 0 Å². The fraction of sp³-hybridized carbons (Fsp3) is 0.417. The first-order chi connectivity index (χ1) is 5.86. The summed E-state index contributed by atoms with van der Waals surface area (Å²) >= 11 is 0. The van der Waals surface area contributed by atoms with E-state index in [4.69, 9.17) is 0 Å². The zero-order valence-electron chi connectivity index (χ0n) is 7.88. The largest absolute Gasteiger partial charge is 0.0651 e. The lowest BCUT2D eigenvalue weighted by atomic mass is 9.95. The van der Waals surface area contributed by atoms with Crippen molar-refractivity contribution in [1.82, 2.24) is 0 Å². The smallest absolute Gasteiger partial charge is 0.0198 e. The van der Waals surface area contributed by atoms with Gasteiger partial charge in [-0.15, -0.1) is 0 Å². The van der Waals surface area contributed by atoms with E-state index in [-0.39, 0.29) is 0 Å². The van der Waals surface area contributed by atoms with Gasteiger partial charge in [0, 0.05) is 6.42 Å². The van der Waals surface area contributed by atoms with E-state index < -0.39 is 0 Å². The molecule has 12 heavy (non-hydrogen) atoms. The molecule has 0 spiro atoms. The molecule has 0 nitrogen and oxygen atoms in total. The van der Waals surface area contributed by atoms with E-state index in [1.807, 2.05) is 6.07 Å². The summed E-state index contributed by atoms with van der Waals surface area (Å²) in [6.45, 7) is 4.42. The third-order valence-corrected chi connectivity index (χ3v) is 2.13. The van der Waals surface area contributed by atoms with E-state index >= 15 is 0 Å². The molecular formula is C12H16. The summed E-state index contributed by atoms with van der Waals surface area (Å²) in [5.41, 5.74) is 1.23. The first kappa shape index (κ1) is 9.31. The van der Waals surface area contributed by atoms with Gasteiger partial charge in [0.15, 0.2) is 0 Å². The Morgan fingerprint density at radius 1 is 1.08 bits per heavy atom. The van der Waals surface area contributed by atoms with Crippen molar-refractivity contribution in [2.75, 3.05) is 0 Å². The second-order valence-electron chi connectivity index (χ2n) is 3.02. The quantitative estimate of drug-likeness (QED) is 0.632. The van der Waals surface area contributed by atoms with Crippen LogP contribution in [0.2, 0.25) is 0 Å². The van der Waals surface area contributed by atoms with Gasteiger partial charge < -0.3 is 0 Å². The predicted molar refractivity (Wildman–Crippen MR) is 52.9 cm³/mol. The minimum absolute atomic E-state index is 0.618. The van der Waals surface area contributed by atoms with Crippen molar-refractivity contribution in [3.8, 4) is 0 Å². The Morgan fingerprint density at radius 3 is 2.17 bits per heavy atom. The van der Waals surface area contributed by atoms with E-state index in [2.05, 4.69) is 44.5 Å². The van der Waals surface area contributed by atoms with Crippen LogP contribution < -0.4 is 0 Å². The van der Waals surface area contributed by atoms with Gasteiger partial charge >= 0.3 is 0 Å². The van der Waals surface area contributed by atoms with Crippen molar-refractivity contribution < 1.29 is 0 Å². The monoisotopic (exact) mass is 160 g/mol. The molecule has 0 amide bonds. The van der Waals surface area contributed by atoms with E-state index in [1.54, 1.807) is 0 Å². The summed E-state index contributed by atoms with van der Waals surface area (Å²) < 4.78 is 0. The molecule has 0 aliphatic heterocycles. The van der Waals surface area contributed by atoms with Crippen LogP contribution >= 0.6 is 0 Å². The molecule has 0 aliphatic carbocycles. The molecule has 0 fully saturated rings. The molecule has 0 aliphatic rings. The van der Waals surface area contributed by atoms with E-state index in [0.717, 1.165) is 0 Å². The van der Waals surface area contributed by atoms with Gasteiger partial charge in [0.1, 0.15) is 0 Å². The normalized spacial score (nSPS) is 10.6. The summed E-state index contributed by atoms with van der Waals surface area (Å²) in [5.74, 6) is 0.618. The lowest BCUT2D eigenvalue weighted by molar-refractivity contribution is 0.574. The molecular weight excluding hydrogens is 144 g/mol. The minimum Gasteiger partial charge on any atom is -0.0651 e. The molecule has 0 bridgehead atoms. The van der Waals surface area contributed by atoms with Gasteiger partial charge in [0.05, 0.1) is 0 Å². The second kappa shape index (κ2) is 4.97. The molecule has 0 aromatic heterocycles. The number of rotatable bonds is 4. The van der Waals surface area contributed by atoms with Gasteiger partial charge in [0.2, 0.25) is 0 Å². The highest BCUT2D eigenvalue weighted by Crippen LogP contribution is 2.16. The Morgan fingerprint density at radius 2 is 1.67 bits per heavy atom. The first-order valence-electron chi connectivity index (χ1n) is 4.68. The molecule has 1 rings (SSSR count). The summed E-state index contributed by atoms with van der Waals surface area (Å²) in [6.07, 6.45) is 5.85. The topological polar surface area (TPSA) is 0 Å². The van der Waals surface area contributed by atoms with Crippen LogP contribution in [0, 0.1) is 12.3 Å². The molecule has 1 aromatic carbocycles. The Labute approximate surface area is 75.6 Å². The average molecular weight is 160 g/mol. The van der Waals surface area contributed by atoms with Crippen LogP contribution in [0.5, 0.6) is 0 Å². The van der Waals surface area contributed by atoms with Crippen LogP contribution in [-0.4, -0.2) is 0 Å². The van der Waals surface area contributed by atoms with Crippen LogP contribution in [0.1, 0.15) is 32.3 Å². The average Bonchev–Trinajstić information content (AvgIpc) is 2.16. The van der Waals surface area contributed by atoms with E-state index in [1.165, 1.54) is 18.4 Å². The zero-order valence-corrected chi connectivity index (χ0v) is 7.88. The van der Waals surface area contributed by atoms with E-state index in [9.17, 15) is 0 Å².